The van der Waals surface area contributed by atoms with Crippen molar-refractivity contribution in [1.82, 2.24) is 4.98 Å². The molecule has 0 saturated heterocycles. The third kappa shape index (κ3) is 2.77. The van der Waals surface area contributed by atoms with Crippen LogP contribution in [-0.4, -0.2) is 25.7 Å². The zero-order valence-corrected chi connectivity index (χ0v) is 10.9. The van der Waals surface area contributed by atoms with E-state index in [-0.39, 0.29) is 12.3 Å². The number of rotatable bonds is 4. The number of hydrogen-bond donors (Lipinski definition) is 2. The van der Waals surface area contributed by atoms with E-state index in [1.165, 1.54) is 0 Å². The summed E-state index contributed by atoms with van der Waals surface area (Å²) in [5, 5.41) is 0.781. The smallest absolute Gasteiger partial charge is 0.233 e. The first kappa shape index (κ1) is 12.8. The highest BCUT2D eigenvalue weighted by molar-refractivity contribution is 7.92. The quantitative estimate of drug-likeness (QED) is 0.871. The van der Waals surface area contributed by atoms with Crippen molar-refractivity contribution in [3.05, 3.63) is 36.0 Å². The number of aromatic nitrogens is 1. The second kappa shape index (κ2) is 4.91. The van der Waals surface area contributed by atoms with Crippen molar-refractivity contribution < 1.29 is 8.42 Å². The summed E-state index contributed by atoms with van der Waals surface area (Å²) in [5.74, 6) is -0.0945. The SMILES string of the molecule is Cc1cc(NS(=O)(=O)CCN)c2ccccc2n1. The first-order chi connectivity index (χ1) is 8.52. The maximum absolute atomic E-state index is 11.7. The molecule has 0 spiro atoms. The van der Waals surface area contributed by atoms with Crippen molar-refractivity contribution >= 4 is 26.6 Å². The minimum atomic E-state index is -3.40. The highest BCUT2D eigenvalue weighted by Gasteiger charge is 2.12. The van der Waals surface area contributed by atoms with E-state index in [1.54, 1.807) is 6.07 Å². The highest BCUT2D eigenvalue weighted by Crippen LogP contribution is 2.23. The lowest BCUT2D eigenvalue weighted by Crippen LogP contribution is -2.22. The molecule has 0 radical (unpaired) electrons. The zero-order chi connectivity index (χ0) is 13.2. The van der Waals surface area contributed by atoms with Crippen LogP contribution in [0.4, 0.5) is 5.69 Å². The summed E-state index contributed by atoms with van der Waals surface area (Å²) in [5.41, 5.74) is 7.36. The van der Waals surface area contributed by atoms with Gasteiger partial charge in [0.2, 0.25) is 10.0 Å². The zero-order valence-electron chi connectivity index (χ0n) is 10.1. The predicted octanol–water partition coefficient (Wildman–Crippen LogP) is 1.24. The van der Waals surface area contributed by atoms with Crippen LogP contribution in [-0.2, 0) is 10.0 Å². The normalized spacial score (nSPS) is 11.7. The lowest BCUT2D eigenvalue weighted by atomic mass is 10.2. The number of sulfonamides is 1. The molecule has 5 nitrogen and oxygen atoms in total. The van der Waals surface area contributed by atoms with Crippen LogP contribution >= 0.6 is 0 Å². The lowest BCUT2D eigenvalue weighted by molar-refractivity contribution is 0.601. The molecule has 0 bridgehead atoms. The number of nitrogens with one attached hydrogen (secondary N) is 1. The van der Waals surface area contributed by atoms with Crippen molar-refractivity contribution in [2.24, 2.45) is 5.73 Å². The molecule has 0 aliphatic heterocycles. The van der Waals surface area contributed by atoms with Gasteiger partial charge in [0, 0.05) is 17.6 Å². The maximum Gasteiger partial charge on any atom is 0.233 e. The number of hydrogen-bond acceptors (Lipinski definition) is 4. The number of aryl methyl sites for hydroxylation is 1. The Hall–Kier alpha value is -1.66. The van der Waals surface area contributed by atoms with Gasteiger partial charge in [0.1, 0.15) is 0 Å². The van der Waals surface area contributed by atoms with Gasteiger partial charge in [-0.3, -0.25) is 9.71 Å². The Morgan fingerprint density at radius 2 is 2.06 bits per heavy atom. The number of nitrogens with two attached hydrogens (primary N) is 1. The molecule has 0 amide bonds. The Labute approximate surface area is 106 Å². The van der Waals surface area contributed by atoms with E-state index in [4.69, 9.17) is 5.73 Å². The minimum Gasteiger partial charge on any atom is -0.329 e. The summed E-state index contributed by atoms with van der Waals surface area (Å²) in [6.45, 7) is 1.92. The molecule has 6 heteroatoms. The van der Waals surface area contributed by atoms with E-state index < -0.39 is 10.0 Å². The third-order valence-corrected chi connectivity index (χ3v) is 3.80. The Morgan fingerprint density at radius 1 is 1.33 bits per heavy atom. The van der Waals surface area contributed by atoms with Crippen LogP contribution in [0.15, 0.2) is 30.3 Å². The van der Waals surface area contributed by atoms with Gasteiger partial charge in [-0.1, -0.05) is 18.2 Å². The van der Waals surface area contributed by atoms with Crippen LogP contribution in [0.3, 0.4) is 0 Å². The molecule has 1 aromatic carbocycles. The fourth-order valence-electron chi connectivity index (χ4n) is 1.77. The second-order valence-corrected chi connectivity index (χ2v) is 5.88. The molecular weight excluding hydrogens is 250 g/mol. The maximum atomic E-state index is 11.7. The molecule has 0 atom stereocenters. The van der Waals surface area contributed by atoms with Crippen LogP contribution in [0.2, 0.25) is 0 Å². The van der Waals surface area contributed by atoms with Crippen molar-refractivity contribution in [3.8, 4) is 0 Å². The average molecular weight is 265 g/mol. The van der Waals surface area contributed by atoms with E-state index in [1.807, 2.05) is 31.2 Å². The molecule has 1 heterocycles. The summed E-state index contributed by atoms with van der Waals surface area (Å²) in [6.07, 6.45) is 0. The van der Waals surface area contributed by atoms with Crippen LogP contribution in [0.25, 0.3) is 10.9 Å². The summed E-state index contributed by atoms with van der Waals surface area (Å²) >= 11 is 0. The van der Waals surface area contributed by atoms with E-state index in [2.05, 4.69) is 9.71 Å². The Kier molecular flexibility index (Phi) is 3.49. The average Bonchev–Trinajstić information content (AvgIpc) is 2.28. The molecule has 0 unspecified atom stereocenters. The second-order valence-electron chi connectivity index (χ2n) is 4.04. The van der Waals surface area contributed by atoms with Crippen LogP contribution < -0.4 is 10.5 Å². The molecule has 0 fully saturated rings. The number of para-hydroxylation sites is 1. The number of fused-ring (bicyclic) bond motifs is 1. The van der Waals surface area contributed by atoms with E-state index >= 15 is 0 Å². The highest BCUT2D eigenvalue weighted by atomic mass is 32.2. The molecule has 3 N–H and O–H groups in total. The van der Waals surface area contributed by atoms with Gasteiger partial charge in [-0.25, -0.2) is 8.42 Å². The van der Waals surface area contributed by atoms with Crippen molar-refractivity contribution in [2.75, 3.05) is 17.0 Å². The van der Waals surface area contributed by atoms with Gasteiger partial charge in [-0.2, -0.15) is 0 Å². The molecule has 96 valence electrons. The van der Waals surface area contributed by atoms with Gasteiger partial charge in [0.25, 0.3) is 0 Å². The van der Waals surface area contributed by atoms with Crippen molar-refractivity contribution in [1.29, 1.82) is 0 Å². The molecule has 2 rings (SSSR count). The molecule has 2 aromatic rings. The minimum absolute atomic E-state index is 0.0945. The Balaban J connectivity index is 2.51. The molecule has 0 aliphatic carbocycles. The topological polar surface area (TPSA) is 85.1 Å². The van der Waals surface area contributed by atoms with Crippen LogP contribution in [0, 0.1) is 6.92 Å². The summed E-state index contributed by atoms with van der Waals surface area (Å²) in [7, 11) is -3.40. The fraction of sp³-hybridized carbons (Fsp3) is 0.250. The van der Waals surface area contributed by atoms with Crippen molar-refractivity contribution in [2.45, 2.75) is 6.92 Å². The van der Waals surface area contributed by atoms with Gasteiger partial charge in [0.05, 0.1) is 17.0 Å². The summed E-state index contributed by atoms with van der Waals surface area (Å²) in [6, 6.07) is 9.12. The van der Waals surface area contributed by atoms with Gasteiger partial charge in [-0.05, 0) is 19.1 Å². The van der Waals surface area contributed by atoms with Gasteiger partial charge >= 0.3 is 0 Å². The number of anilines is 1. The summed E-state index contributed by atoms with van der Waals surface area (Å²) in [4.78, 5) is 4.35. The predicted molar refractivity (Wildman–Crippen MR) is 72.9 cm³/mol. The van der Waals surface area contributed by atoms with Crippen molar-refractivity contribution in [3.63, 3.8) is 0 Å². The van der Waals surface area contributed by atoms with Gasteiger partial charge in [-0.15, -0.1) is 0 Å². The Bertz CT molecular complexity index is 668. The molecule has 0 saturated carbocycles. The molecule has 1 aromatic heterocycles. The molecule has 0 aliphatic rings. The number of nitrogens with zero attached hydrogens (tertiary/aromatic N) is 1. The van der Waals surface area contributed by atoms with Crippen LogP contribution in [0.5, 0.6) is 0 Å². The molecular formula is C12H15N3O2S. The fourth-order valence-corrected chi connectivity index (χ4v) is 2.68. The number of benzene rings is 1. The first-order valence-corrected chi connectivity index (χ1v) is 7.24. The van der Waals surface area contributed by atoms with E-state index in [9.17, 15) is 8.42 Å². The standard InChI is InChI=1S/C12H15N3O2S/c1-9-8-12(15-18(16,17)7-6-13)10-4-2-3-5-11(10)14-9/h2-5,8H,6-7,13H2,1H3,(H,14,15). The van der Waals surface area contributed by atoms with Gasteiger partial charge in [0.15, 0.2) is 0 Å². The van der Waals surface area contributed by atoms with Crippen LogP contribution in [0.1, 0.15) is 5.69 Å². The first-order valence-electron chi connectivity index (χ1n) is 5.59. The lowest BCUT2D eigenvalue weighted by Gasteiger charge is -2.10. The van der Waals surface area contributed by atoms with Gasteiger partial charge < -0.3 is 5.73 Å². The Morgan fingerprint density at radius 3 is 2.78 bits per heavy atom. The largest absolute Gasteiger partial charge is 0.329 e. The number of pyridine rings is 1. The third-order valence-electron chi connectivity index (χ3n) is 2.50. The molecule has 18 heavy (non-hydrogen) atoms. The monoisotopic (exact) mass is 265 g/mol. The van der Waals surface area contributed by atoms with E-state index in [0.29, 0.717) is 5.69 Å². The summed E-state index contributed by atoms with van der Waals surface area (Å²) < 4.78 is 26.0. The van der Waals surface area contributed by atoms with E-state index in [0.717, 1.165) is 16.6 Å².